The maximum absolute atomic E-state index is 8.90. The minimum Gasteiger partial charge on any atom is -0.245 e. The number of halogens is 1. The standard InChI is InChI=1S/C17H14BrN5/c1-17(2,13-5-3-7-15(18)20-13)14-6-4-8-16(21-14)23-10-9-12(11-19)22-23/h3-10H,1-2H3. The predicted octanol–water partition coefficient (Wildman–Crippen LogP) is 3.62. The van der Waals surface area contributed by atoms with Crippen molar-refractivity contribution in [1.29, 1.82) is 5.26 Å². The van der Waals surface area contributed by atoms with E-state index in [-0.39, 0.29) is 5.41 Å². The fourth-order valence-electron chi connectivity index (χ4n) is 2.30. The molecule has 0 saturated carbocycles. The van der Waals surface area contributed by atoms with Crippen LogP contribution >= 0.6 is 15.9 Å². The van der Waals surface area contributed by atoms with Crippen molar-refractivity contribution in [3.8, 4) is 11.9 Å². The van der Waals surface area contributed by atoms with E-state index in [2.05, 4.69) is 39.9 Å². The molecule has 0 aliphatic rings. The monoisotopic (exact) mass is 367 g/mol. The lowest BCUT2D eigenvalue weighted by Crippen LogP contribution is -2.22. The van der Waals surface area contributed by atoms with Gasteiger partial charge in [0.2, 0.25) is 0 Å². The quantitative estimate of drug-likeness (QED) is 0.663. The van der Waals surface area contributed by atoms with Gasteiger partial charge < -0.3 is 0 Å². The molecule has 3 aromatic heterocycles. The number of nitrogens with zero attached hydrogens (tertiary/aromatic N) is 5. The zero-order chi connectivity index (χ0) is 16.4. The van der Waals surface area contributed by atoms with Crippen molar-refractivity contribution in [3.05, 3.63) is 70.3 Å². The number of aromatic nitrogens is 4. The van der Waals surface area contributed by atoms with Gasteiger partial charge in [-0.3, -0.25) is 0 Å². The molecular formula is C17H14BrN5. The van der Waals surface area contributed by atoms with E-state index in [0.717, 1.165) is 16.0 Å². The Labute approximate surface area is 142 Å². The summed E-state index contributed by atoms with van der Waals surface area (Å²) in [5, 5.41) is 13.1. The molecule has 6 heteroatoms. The average Bonchev–Trinajstić information content (AvgIpc) is 3.04. The Morgan fingerprint density at radius 3 is 2.39 bits per heavy atom. The van der Waals surface area contributed by atoms with Gasteiger partial charge in [-0.2, -0.15) is 10.4 Å². The number of pyridine rings is 2. The number of hydrogen-bond donors (Lipinski definition) is 0. The zero-order valence-corrected chi connectivity index (χ0v) is 14.3. The van der Waals surface area contributed by atoms with Gasteiger partial charge in [0.1, 0.15) is 10.7 Å². The molecular weight excluding hydrogens is 354 g/mol. The molecule has 114 valence electrons. The average molecular weight is 368 g/mol. The van der Waals surface area contributed by atoms with Gasteiger partial charge in [-0.05, 0) is 60.1 Å². The molecule has 3 aromatic rings. The Balaban J connectivity index is 2.03. The van der Waals surface area contributed by atoms with Gasteiger partial charge in [0.25, 0.3) is 0 Å². The fraction of sp³-hybridized carbons (Fsp3) is 0.176. The summed E-state index contributed by atoms with van der Waals surface area (Å²) in [6, 6.07) is 15.3. The van der Waals surface area contributed by atoms with Gasteiger partial charge in [0.05, 0.1) is 11.4 Å². The molecule has 0 spiro atoms. The van der Waals surface area contributed by atoms with Crippen LogP contribution in [0.2, 0.25) is 0 Å². The summed E-state index contributed by atoms with van der Waals surface area (Å²) in [5.74, 6) is 0.673. The second-order valence-electron chi connectivity index (χ2n) is 5.61. The van der Waals surface area contributed by atoms with E-state index < -0.39 is 0 Å². The van der Waals surface area contributed by atoms with E-state index in [1.54, 1.807) is 16.9 Å². The lowest BCUT2D eigenvalue weighted by molar-refractivity contribution is 0.590. The van der Waals surface area contributed by atoms with Crippen LogP contribution in [0.5, 0.6) is 0 Å². The summed E-state index contributed by atoms with van der Waals surface area (Å²) in [4.78, 5) is 9.26. The molecule has 0 aliphatic carbocycles. The van der Waals surface area contributed by atoms with Gasteiger partial charge >= 0.3 is 0 Å². The molecule has 3 rings (SSSR count). The molecule has 0 unspecified atom stereocenters. The summed E-state index contributed by atoms with van der Waals surface area (Å²) in [5.41, 5.74) is 1.82. The Hall–Kier alpha value is -2.52. The summed E-state index contributed by atoms with van der Waals surface area (Å²) >= 11 is 3.41. The van der Waals surface area contributed by atoms with Crippen LogP contribution in [0.4, 0.5) is 0 Å². The Kier molecular flexibility index (Phi) is 3.97. The smallest absolute Gasteiger partial charge is 0.162 e. The summed E-state index contributed by atoms with van der Waals surface area (Å²) < 4.78 is 2.40. The summed E-state index contributed by atoms with van der Waals surface area (Å²) in [6.45, 7) is 4.16. The molecule has 0 N–H and O–H groups in total. The van der Waals surface area contributed by atoms with Gasteiger partial charge in [-0.25, -0.2) is 14.6 Å². The van der Waals surface area contributed by atoms with Crippen LogP contribution < -0.4 is 0 Å². The number of nitriles is 1. The lowest BCUT2D eigenvalue weighted by Gasteiger charge is -2.24. The fourth-order valence-corrected chi connectivity index (χ4v) is 2.64. The molecule has 5 nitrogen and oxygen atoms in total. The molecule has 0 fully saturated rings. The maximum Gasteiger partial charge on any atom is 0.162 e. The van der Waals surface area contributed by atoms with E-state index in [1.165, 1.54) is 0 Å². The maximum atomic E-state index is 8.90. The van der Waals surface area contributed by atoms with E-state index in [1.807, 2.05) is 42.5 Å². The van der Waals surface area contributed by atoms with Crippen LogP contribution in [-0.2, 0) is 5.41 Å². The van der Waals surface area contributed by atoms with Gasteiger partial charge in [0, 0.05) is 11.6 Å². The third-order valence-electron chi connectivity index (χ3n) is 3.67. The van der Waals surface area contributed by atoms with Gasteiger partial charge in [0.15, 0.2) is 11.5 Å². The first-order valence-corrected chi connectivity index (χ1v) is 7.87. The molecule has 0 aromatic carbocycles. The third kappa shape index (κ3) is 3.01. The van der Waals surface area contributed by atoms with Gasteiger partial charge in [-0.1, -0.05) is 12.1 Å². The second-order valence-corrected chi connectivity index (χ2v) is 6.42. The first kappa shape index (κ1) is 15.4. The molecule has 0 saturated heterocycles. The molecule has 0 radical (unpaired) electrons. The first-order valence-electron chi connectivity index (χ1n) is 7.07. The van der Waals surface area contributed by atoms with Crippen LogP contribution in [0.1, 0.15) is 30.9 Å². The van der Waals surface area contributed by atoms with Crippen molar-refractivity contribution in [1.82, 2.24) is 19.7 Å². The molecule has 0 amide bonds. The lowest BCUT2D eigenvalue weighted by atomic mass is 9.84. The van der Waals surface area contributed by atoms with Crippen LogP contribution in [-0.4, -0.2) is 19.7 Å². The molecule has 0 aliphatic heterocycles. The van der Waals surface area contributed by atoms with Crippen molar-refractivity contribution >= 4 is 15.9 Å². The molecule has 23 heavy (non-hydrogen) atoms. The Morgan fingerprint density at radius 2 is 1.74 bits per heavy atom. The van der Waals surface area contributed by atoms with Crippen LogP contribution in [0.3, 0.4) is 0 Å². The van der Waals surface area contributed by atoms with Crippen molar-refractivity contribution < 1.29 is 0 Å². The topological polar surface area (TPSA) is 67.4 Å². The second kappa shape index (κ2) is 5.94. The largest absolute Gasteiger partial charge is 0.245 e. The summed E-state index contributed by atoms with van der Waals surface area (Å²) in [6.07, 6.45) is 1.73. The highest BCUT2D eigenvalue weighted by Crippen LogP contribution is 2.29. The van der Waals surface area contributed by atoms with Crippen molar-refractivity contribution in [3.63, 3.8) is 0 Å². The van der Waals surface area contributed by atoms with Crippen LogP contribution in [0.25, 0.3) is 5.82 Å². The van der Waals surface area contributed by atoms with Crippen molar-refractivity contribution in [2.75, 3.05) is 0 Å². The first-order chi connectivity index (χ1) is 11.0. The molecule has 0 bridgehead atoms. The molecule has 0 atom stereocenters. The van der Waals surface area contributed by atoms with Crippen molar-refractivity contribution in [2.24, 2.45) is 0 Å². The van der Waals surface area contributed by atoms with Crippen LogP contribution in [0, 0.1) is 11.3 Å². The molecule has 3 heterocycles. The normalized spacial score (nSPS) is 11.2. The van der Waals surface area contributed by atoms with Crippen molar-refractivity contribution in [2.45, 2.75) is 19.3 Å². The van der Waals surface area contributed by atoms with E-state index in [9.17, 15) is 0 Å². The Morgan fingerprint density at radius 1 is 1.04 bits per heavy atom. The zero-order valence-electron chi connectivity index (χ0n) is 12.7. The van der Waals surface area contributed by atoms with Gasteiger partial charge in [-0.15, -0.1) is 0 Å². The minimum absolute atomic E-state index is 0.356. The van der Waals surface area contributed by atoms with E-state index in [0.29, 0.717) is 11.5 Å². The SMILES string of the molecule is CC(C)(c1cccc(Br)n1)c1cccc(-n2ccc(C#N)n2)n1. The summed E-state index contributed by atoms with van der Waals surface area (Å²) in [7, 11) is 0. The number of rotatable bonds is 3. The predicted molar refractivity (Wildman–Crippen MR) is 90.1 cm³/mol. The van der Waals surface area contributed by atoms with E-state index >= 15 is 0 Å². The van der Waals surface area contributed by atoms with Crippen LogP contribution in [0.15, 0.2) is 53.3 Å². The minimum atomic E-state index is -0.356. The van der Waals surface area contributed by atoms with E-state index in [4.69, 9.17) is 10.2 Å². The third-order valence-corrected chi connectivity index (χ3v) is 4.11. The highest BCUT2D eigenvalue weighted by molar-refractivity contribution is 9.10. The number of hydrogen-bond acceptors (Lipinski definition) is 4. The highest BCUT2D eigenvalue weighted by atomic mass is 79.9. The Bertz CT molecular complexity index is 892. The highest BCUT2D eigenvalue weighted by Gasteiger charge is 2.26.